The summed E-state index contributed by atoms with van der Waals surface area (Å²) < 4.78 is 0. The Kier molecular flexibility index (Phi) is 7.42. The molecule has 0 aromatic rings. The summed E-state index contributed by atoms with van der Waals surface area (Å²) in [6.45, 7) is 10.1. The molecule has 1 atom stereocenters. The molecule has 1 heteroatoms. The number of hydrogen-bond donors (Lipinski definition) is 0. The van der Waals surface area contributed by atoms with E-state index in [-0.39, 0.29) is 0 Å². The van der Waals surface area contributed by atoms with Crippen LogP contribution in [0.25, 0.3) is 0 Å². The van der Waals surface area contributed by atoms with Gasteiger partial charge in [0.15, 0.2) is 0 Å². The zero-order valence-corrected chi connectivity index (χ0v) is 10.7. The van der Waals surface area contributed by atoms with Crippen LogP contribution in [0, 0.1) is 0 Å². The summed E-state index contributed by atoms with van der Waals surface area (Å²) in [5.74, 6) is 0. The van der Waals surface area contributed by atoms with Gasteiger partial charge in [0.05, 0.1) is 0 Å². The van der Waals surface area contributed by atoms with Gasteiger partial charge in [-0.25, -0.2) is 0 Å². The SMILES string of the molecule is C=C(C)C/C=C(P)\C=C/C/C(C)=C\C. The molecule has 1 unspecified atom stereocenters. The van der Waals surface area contributed by atoms with Crippen LogP contribution in [0.3, 0.4) is 0 Å². The molecule has 0 saturated heterocycles. The van der Waals surface area contributed by atoms with Crippen molar-refractivity contribution >= 4 is 9.24 Å². The maximum Gasteiger partial charge on any atom is -0.0135 e. The summed E-state index contributed by atoms with van der Waals surface area (Å²) in [5.41, 5.74) is 2.60. The molecule has 0 aromatic carbocycles. The second kappa shape index (κ2) is 7.76. The van der Waals surface area contributed by atoms with Gasteiger partial charge in [0.1, 0.15) is 0 Å². The zero-order valence-electron chi connectivity index (χ0n) is 9.51. The van der Waals surface area contributed by atoms with Crippen molar-refractivity contribution in [3.8, 4) is 0 Å². The quantitative estimate of drug-likeness (QED) is 0.351. The van der Waals surface area contributed by atoms with Crippen molar-refractivity contribution in [3.05, 3.63) is 47.3 Å². The first-order valence-corrected chi connectivity index (χ1v) is 5.52. The van der Waals surface area contributed by atoms with Crippen molar-refractivity contribution in [1.82, 2.24) is 0 Å². The first-order chi connectivity index (χ1) is 6.56. The molecular weight excluding hydrogens is 187 g/mol. The molecule has 0 rings (SSSR count). The molecule has 0 amide bonds. The largest absolute Gasteiger partial charge is 0.106 e. The molecule has 0 nitrogen and oxygen atoms in total. The standard InChI is InChI=1S/C13H21P/c1-5-12(4)7-6-8-13(14)10-9-11(2)3/h5-6,8,10H,2,7,9,14H2,1,3-4H3/b8-6-,12-5-,13-10+. The Bertz CT molecular complexity index is 267. The molecule has 0 heterocycles. The Morgan fingerprint density at radius 3 is 2.43 bits per heavy atom. The van der Waals surface area contributed by atoms with E-state index in [0.717, 1.165) is 12.8 Å². The van der Waals surface area contributed by atoms with Crippen LogP contribution in [-0.4, -0.2) is 0 Å². The topological polar surface area (TPSA) is 0 Å². The minimum Gasteiger partial charge on any atom is -0.106 e. The van der Waals surface area contributed by atoms with E-state index in [1.165, 1.54) is 16.5 Å². The molecule has 0 aromatic heterocycles. The monoisotopic (exact) mass is 208 g/mol. The molecule has 0 radical (unpaired) electrons. The zero-order chi connectivity index (χ0) is 11.0. The average Bonchev–Trinajstić information content (AvgIpc) is 2.14. The second-order valence-corrected chi connectivity index (χ2v) is 4.27. The highest BCUT2D eigenvalue weighted by atomic mass is 31.0. The van der Waals surface area contributed by atoms with Crippen molar-refractivity contribution in [2.24, 2.45) is 0 Å². The van der Waals surface area contributed by atoms with Gasteiger partial charge in [-0.15, -0.1) is 9.24 Å². The van der Waals surface area contributed by atoms with Gasteiger partial charge in [-0.1, -0.05) is 42.0 Å². The van der Waals surface area contributed by atoms with E-state index in [1.54, 1.807) is 0 Å². The van der Waals surface area contributed by atoms with Crippen LogP contribution < -0.4 is 0 Å². The van der Waals surface area contributed by atoms with Gasteiger partial charge in [0.2, 0.25) is 0 Å². The van der Waals surface area contributed by atoms with Crippen LogP contribution in [0.1, 0.15) is 33.6 Å². The van der Waals surface area contributed by atoms with Crippen LogP contribution >= 0.6 is 9.24 Å². The van der Waals surface area contributed by atoms with E-state index in [2.05, 4.69) is 54.0 Å². The third kappa shape index (κ3) is 8.01. The minimum atomic E-state index is 0.964. The molecule has 0 aliphatic carbocycles. The molecule has 14 heavy (non-hydrogen) atoms. The van der Waals surface area contributed by atoms with Crippen molar-refractivity contribution < 1.29 is 0 Å². The molecule has 0 spiro atoms. The molecule has 78 valence electrons. The number of hydrogen-bond acceptors (Lipinski definition) is 0. The normalized spacial score (nSPS) is 13.7. The first-order valence-electron chi connectivity index (χ1n) is 4.94. The molecule has 0 fully saturated rings. The Balaban J connectivity index is 3.98. The van der Waals surface area contributed by atoms with Gasteiger partial charge in [-0.05, 0) is 38.9 Å². The van der Waals surface area contributed by atoms with Crippen LogP contribution in [0.2, 0.25) is 0 Å². The van der Waals surface area contributed by atoms with Crippen LogP contribution in [0.15, 0.2) is 47.3 Å². The second-order valence-electron chi connectivity index (χ2n) is 3.61. The maximum atomic E-state index is 3.86. The lowest BCUT2D eigenvalue weighted by molar-refractivity contribution is 1.19. The van der Waals surface area contributed by atoms with Gasteiger partial charge < -0.3 is 0 Å². The molecule has 0 aliphatic heterocycles. The molecule has 0 aliphatic rings. The Morgan fingerprint density at radius 1 is 1.29 bits per heavy atom. The molecular formula is C13H21P. The van der Waals surface area contributed by atoms with E-state index >= 15 is 0 Å². The fourth-order valence-electron chi connectivity index (χ4n) is 0.859. The number of allylic oxidation sites excluding steroid dienone is 7. The molecule has 0 N–H and O–H groups in total. The van der Waals surface area contributed by atoms with E-state index in [0.29, 0.717) is 0 Å². The Morgan fingerprint density at radius 2 is 1.93 bits per heavy atom. The fraction of sp³-hybridized carbons (Fsp3) is 0.385. The van der Waals surface area contributed by atoms with Crippen molar-refractivity contribution in [3.63, 3.8) is 0 Å². The lowest BCUT2D eigenvalue weighted by Gasteiger charge is -1.95. The summed E-state index contributed by atoms with van der Waals surface area (Å²) in [4.78, 5) is 0. The highest BCUT2D eigenvalue weighted by Gasteiger charge is 1.85. The van der Waals surface area contributed by atoms with E-state index in [9.17, 15) is 0 Å². The summed E-state index contributed by atoms with van der Waals surface area (Å²) in [7, 11) is 2.74. The van der Waals surface area contributed by atoms with Gasteiger partial charge >= 0.3 is 0 Å². The minimum absolute atomic E-state index is 0.964. The first kappa shape index (κ1) is 13.4. The van der Waals surface area contributed by atoms with Gasteiger partial charge in [-0.3, -0.25) is 0 Å². The highest BCUT2D eigenvalue weighted by Crippen LogP contribution is 2.12. The third-order valence-electron chi connectivity index (χ3n) is 1.93. The lowest BCUT2D eigenvalue weighted by Crippen LogP contribution is -1.72. The third-order valence-corrected chi connectivity index (χ3v) is 2.36. The van der Waals surface area contributed by atoms with E-state index < -0.39 is 0 Å². The van der Waals surface area contributed by atoms with Crippen molar-refractivity contribution in [2.45, 2.75) is 33.6 Å². The number of rotatable bonds is 5. The fourth-order valence-corrected chi connectivity index (χ4v) is 1.11. The van der Waals surface area contributed by atoms with Gasteiger partial charge in [0.25, 0.3) is 0 Å². The predicted octanol–water partition coefficient (Wildman–Crippen LogP) is 4.62. The van der Waals surface area contributed by atoms with Crippen molar-refractivity contribution in [2.75, 3.05) is 0 Å². The molecule has 0 bridgehead atoms. The lowest BCUT2D eigenvalue weighted by atomic mass is 10.2. The van der Waals surface area contributed by atoms with Crippen LogP contribution in [0.4, 0.5) is 0 Å². The summed E-state index contributed by atoms with van der Waals surface area (Å²) in [5, 5.41) is 1.23. The molecule has 0 saturated carbocycles. The van der Waals surface area contributed by atoms with Crippen LogP contribution in [-0.2, 0) is 0 Å². The maximum absolute atomic E-state index is 3.86. The Hall–Kier alpha value is -0.610. The average molecular weight is 208 g/mol. The van der Waals surface area contributed by atoms with E-state index in [1.807, 2.05) is 6.92 Å². The summed E-state index contributed by atoms with van der Waals surface area (Å²) >= 11 is 0. The summed E-state index contributed by atoms with van der Waals surface area (Å²) in [6, 6.07) is 0. The van der Waals surface area contributed by atoms with Crippen LogP contribution in [0.5, 0.6) is 0 Å². The smallest absolute Gasteiger partial charge is 0.0135 e. The van der Waals surface area contributed by atoms with Crippen molar-refractivity contribution in [1.29, 1.82) is 0 Å². The summed E-state index contributed by atoms with van der Waals surface area (Å²) in [6.07, 6.45) is 10.6. The van der Waals surface area contributed by atoms with Gasteiger partial charge in [-0.2, -0.15) is 0 Å². The Labute approximate surface area is 90.7 Å². The predicted molar refractivity (Wildman–Crippen MR) is 70.4 cm³/mol. The highest BCUT2D eigenvalue weighted by molar-refractivity contribution is 7.22. The van der Waals surface area contributed by atoms with Gasteiger partial charge in [0, 0.05) is 0 Å². The van der Waals surface area contributed by atoms with E-state index in [4.69, 9.17) is 0 Å².